The van der Waals surface area contributed by atoms with Crippen LogP contribution in [0.15, 0.2) is 0 Å². The zero-order valence-corrected chi connectivity index (χ0v) is 61.2. The fourth-order valence-electron chi connectivity index (χ4n) is 25.4. The molecule has 2 spiro atoms. The van der Waals surface area contributed by atoms with E-state index in [0.717, 1.165) is 119 Å². The van der Waals surface area contributed by atoms with E-state index in [1.165, 1.54) is 128 Å². The molecule has 486 valence electrons. The first-order valence-electron chi connectivity index (χ1n) is 36.9. The van der Waals surface area contributed by atoms with E-state index < -0.39 is 0 Å². The Kier molecular flexibility index (Phi) is 20.4. The van der Waals surface area contributed by atoms with Crippen LogP contribution in [0.1, 0.15) is 248 Å². The molecule has 0 aromatic rings. The second-order valence-corrected chi connectivity index (χ2v) is 34.0. The van der Waals surface area contributed by atoms with Crippen LogP contribution in [-0.4, -0.2) is 116 Å². The zero-order chi connectivity index (χ0) is 60.0. The first-order valence-corrected chi connectivity index (χ1v) is 36.9. The minimum absolute atomic E-state index is 0. The molecule has 4 heterocycles. The molecular weight excluding hydrogens is 1160 g/mol. The monoisotopic (exact) mass is 1280 g/mol. The molecule has 5 amide bonds. The number of nitrogens with one attached hydrogen (secondary N) is 3. The standard InChI is InChI=1S/C37H60N3O4.C36H61N3O3.Rb/c1-24-12-17-37(43-22-24)25(2)33-32(44-37)21-31-29-11-10-26-20-27(13-15-35(26,3)30(29)14-16-36(31,33)4)39-34(42)40(19-18-38-23-41)28-8-6-5-7-9-28;1-23-12-17-36(41-22-23)24(2)32-31(42-36)21-30-28-11-10-25-20-26(13-15-34(25,3)29(28)14-16-35(30,32)4)38-33(40)39(19-18-37)27-8-6-5-7-9-27;/h24-33H,5-22H2,1-4H3,(H,38,41)(H,39,42);23-32H,5-22,37H2,1-4H3,(H,38,40);/q-1;;+1/t24-,25-,26+,27+,29+,30-,31-,32-,33-,35-,36-,37+;23-,24-,25+,26+,28+,29-,30-,31-,32-,34-,35-,36+;/m00./s1. The van der Waals surface area contributed by atoms with E-state index in [9.17, 15) is 14.4 Å². The zero-order valence-electron chi connectivity index (χ0n) is 56.3. The topological polar surface area (TPSA) is 157 Å². The Bertz CT molecular complexity index is 2370. The molecular formula is C73H121N6O7Rb. The molecule has 0 radical (unpaired) electrons. The molecule has 13 nitrogen and oxygen atoms in total. The molecule has 10 saturated carbocycles. The molecule has 14 heteroatoms. The molecule has 4 aliphatic heterocycles. The summed E-state index contributed by atoms with van der Waals surface area (Å²) in [7, 11) is 0. The van der Waals surface area contributed by atoms with Gasteiger partial charge in [-0.05, 0) is 234 Å². The van der Waals surface area contributed by atoms with Crippen molar-refractivity contribution in [3.05, 3.63) is 0 Å². The van der Waals surface area contributed by atoms with Crippen LogP contribution < -0.4 is 79.9 Å². The summed E-state index contributed by atoms with van der Waals surface area (Å²) in [4.78, 5) is 42.1. The van der Waals surface area contributed by atoms with Gasteiger partial charge >= 0.3 is 70.2 Å². The molecule has 87 heavy (non-hydrogen) atoms. The van der Waals surface area contributed by atoms with Crippen LogP contribution in [0.2, 0.25) is 0 Å². The van der Waals surface area contributed by atoms with Crippen molar-refractivity contribution in [1.29, 1.82) is 0 Å². The summed E-state index contributed by atoms with van der Waals surface area (Å²) in [6.07, 6.45) is 39.3. The maximum absolute atomic E-state index is 13.7. The molecule has 24 atom stereocenters. The number of hydrogen-bond acceptors (Lipinski definition) is 8. The van der Waals surface area contributed by atoms with Gasteiger partial charge in [-0.2, -0.15) is 6.41 Å². The van der Waals surface area contributed by atoms with E-state index in [-0.39, 0.29) is 87.9 Å². The second-order valence-electron chi connectivity index (χ2n) is 34.0. The first kappa shape index (κ1) is 66.6. The van der Waals surface area contributed by atoms with Crippen molar-refractivity contribution < 1.29 is 91.5 Å². The predicted molar refractivity (Wildman–Crippen MR) is 338 cm³/mol. The van der Waals surface area contributed by atoms with Crippen molar-refractivity contribution in [1.82, 2.24) is 25.8 Å². The van der Waals surface area contributed by atoms with Crippen LogP contribution in [0.4, 0.5) is 9.59 Å². The molecule has 14 fully saturated rings. The van der Waals surface area contributed by atoms with Gasteiger partial charge in [0.1, 0.15) is 0 Å². The minimum Gasteiger partial charge on any atom is -0.528 e. The number of ether oxygens (including phenoxy) is 4. The molecule has 14 aliphatic rings. The smallest absolute Gasteiger partial charge is 0.528 e. The first-order chi connectivity index (χ1) is 41.4. The Labute approximate surface area is 576 Å². The van der Waals surface area contributed by atoms with Gasteiger partial charge in [-0.25, -0.2) is 9.59 Å². The summed E-state index contributed by atoms with van der Waals surface area (Å²) < 4.78 is 27.1. The van der Waals surface area contributed by atoms with Crippen molar-refractivity contribution in [3.63, 3.8) is 0 Å². The van der Waals surface area contributed by atoms with E-state index in [1.807, 2.05) is 4.90 Å². The van der Waals surface area contributed by atoms with Gasteiger partial charge in [0.15, 0.2) is 11.6 Å². The number of nitrogens with zero attached hydrogens (tertiary/aromatic N) is 2. The Morgan fingerprint density at radius 1 is 0.506 bits per heavy atom. The predicted octanol–water partition coefficient (Wildman–Crippen LogP) is 10.9. The van der Waals surface area contributed by atoms with Crippen molar-refractivity contribution >= 4 is 18.5 Å². The Morgan fingerprint density at radius 3 is 1.33 bits per heavy atom. The molecule has 0 bridgehead atoms. The third kappa shape index (κ3) is 12.0. The largest absolute Gasteiger partial charge is 1.00 e. The van der Waals surface area contributed by atoms with Crippen molar-refractivity contribution in [2.45, 2.75) is 296 Å². The molecule has 0 aromatic carbocycles. The second kappa shape index (κ2) is 26.7. The van der Waals surface area contributed by atoms with Crippen LogP contribution in [0, 0.1) is 105 Å². The molecule has 4 saturated heterocycles. The van der Waals surface area contributed by atoms with Gasteiger partial charge in [-0.1, -0.05) is 93.9 Å². The Morgan fingerprint density at radius 2 is 0.931 bits per heavy atom. The summed E-state index contributed by atoms with van der Waals surface area (Å²) in [5.41, 5.74) is 7.52. The van der Waals surface area contributed by atoms with Crippen molar-refractivity contribution in [3.8, 4) is 0 Å². The Balaban J connectivity index is 0.000000168. The van der Waals surface area contributed by atoms with Crippen molar-refractivity contribution in [2.75, 3.05) is 39.4 Å². The molecule has 10 aliphatic carbocycles. The van der Waals surface area contributed by atoms with Crippen LogP contribution in [-0.2, 0) is 23.7 Å². The number of carbonyl (C=O) groups excluding carboxylic acids is 3. The number of urea groups is 2. The quantitative estimate of drug-likeness (QED) is 0.0957. The van der Waals surface area contributed by atoms with Gasteiger partial charge < -0.3 is 55.2 Å². The van der Waals surface area contributed by atoms with Gasteiger partial charge in [-0.15, -0.1) is 0 Å². The van der Waals surface area contributed by atoms with Crippen LogP contribution in [0.3, 0.4) is 0 Å². The van der Waals surface area contributed by atoms with E-state index in [1.54, 1.807) is 6.41 Å². The van der Waals surface area contributed by atoms with Gasteiger partial charge in [0.25, 0.3) is 0 Å². The summed E-state index contributed by atoms with van der Waals surface area (Å²) in [6.45, 7) is 24.1. The summed E-state index contributed by atoms with van der Waals surface area (Å²) in [5.74, 6) is 9.22. The number of amides is 5. The fraction of sp³-hybridized carbons (Fsp3) is 0.959. The van der Waals surface area contributed by atoms with Gasteiger partial charge in [0.2, 0.25) is 0 Å². The van der Waals surface area contributed by atoms with E-state index >= 15 is 0 Å². The average molecular weight is 1280 g/mol. The van der Waals surface area contributed by atoms with Crippen molar-refractivity contribution in [2.24, 2.45) is 110 Å². The molecule has 14 rings (SSSR count). The third-order valence-electron chi connectivity index (χ3n) is 30.0. The van der Waals surface area contributed by atoms with Gasteiger partial charge in [0, 0.05) is 75.0 Å². The average Bonchev–Trinajstić information content (AvgIpc) is 1.62. The van der Waals surface area contributed by atoms with Crippen LogP contribution >= 0.6 is 0 Å². The fourth-order valence-corrected chi connectivity index (χ4v) is 25.4. The maximum atomic E-state index is 13.7. The Hall–Kier alpha value is -0.385. The summed E-state index contributed by atoms with van der Waals surface area (Å²) in [5, 5.41) is 9.69. The SMILES string of the molecule is C[C@H]1CC[C@@]2(OC1)O[C@H]1C[C@H]3[C@@H]4CC[C@@H]5C[C@H](NC(=O)N(CCN)C6CCCCC6)CC[C@]5(C)[C@H]4CC[C@]3(C)[C@H]1[C@@H]2C.C[C@H]1CC[C@@]2(OC1)O[C@H]1C[C@H]3[C@@H]4CC[C@@H]5C[C@H](NC(=O)N(CCN[C-]=O)C6CCCCC6)CC[C@]5(C)[C@H]4CC[C@]3(C)[C@H]1[C@@H]2C.[Rb+]. The molecule has 0 unspecified atom stereocenters. The minimum atomic E-state index is -0.324. The number of rotatable bonds is 10. The van der Waals surface area contributed by atoms with E-state index in [4.69, 9.17) is 24.7 Å². The molecule has 5 N–H and O–H groups in total. The van der Waals surface area contributed by atoms with Gasteiger partial charge in [-0.3, -0.25) is 0 Å². The number of nitrogens with two attached hydrogens (primary N) is 1. The van der Waals surface area contributed by atoms with Crippen LogP contribution in [0.5, 0.6) is 0 Å². The normalized spacial score (nSPS) is 48.9. The number of hydrogen-bond donors (Lipinski definition) is 4. The summed E-state index contributed by atoms with van der Waals surface area (Å²) >= 11 is 0. The summed E-state index contributed by atoms with van der Waals surface area (Å²) in [6, 6.07) is 1.49. The van der Waals surface area contributed by atoms with E-state index in [2.05, 4.69) is 76.2 Å². The van der Waals surface area contributed by atoms with E-state index in [0.29, 0.717) is 120 Å². The third-order valence-corrected chi connectivity index (χ3v) is 30.0. The number of carbonyl (C=O) groups is 2. The molecule has 0 aromatic heterocycles. The van der Waals surface area contributed by atoms with Crippen LogP contribution in [0.25, 0.3) is 0 Å². The number of fused-ring (bicyclic) bond motifs is 14. The maximum Gasteiger partial charge on any atom is 1.00 e. The van der Waals surface area contributed by atoms with Gasteiger partial charge in [0.05, 0.1) is 25.4 Å².